The number of aromatic nitrogens is 2. The van der Waals surface area contributed by atoms with Crippen molar-refractivity contribution in [1.29, 1.82) is 0 Å². The van der Waals surface area contributed by atoms with E-state index in [-0.39, 0.29) is 5.82 Å². The lowest BCUT2D eigenvalue weighted by molar-refractivity contribution is 0.295. The molecule has 0 aliphatic rings. The first-order valence-corrected chi connectivity index (χ1v) is 7.76. The van der Waals surface area contributed by atoms with Gasteiger partial charge in [-0.1, -0.05) is 13.8 Å². The van der Waals surface area contributed by atoms with Gasteiger partial charge in [-0.15, -0.1) is 0 Å². The summed E-state index contributed by atoms with van der Waals surface area (Å²) in [4.78, 5) is 9.97. The first kappa shape index (κ1) is 15.8. The molecule has 1 unspecified atom stereocenters. The van der Waals surface area contributed by atoms with Crippen molar-refractivity contribution < 1.29 is 4.39 Å². The molecule has 0 aliphatic heterocycles. The molecule has 0 saturated heterocycles. The number of imidazole rings is 1. The third-order valence-corrected chi connectivity index (χ3v) is 3.83. The normalized spacial score (nSPS) is 13.0. The van der Waals surface area contributed by atoms with Crippen LogP contribution in [0.1, 0.15) is 33.6 Å². The highest BCUT2D eigenvalue weighted by Crippen LogP contribution is 2.16. The number of fused-ring (bicyclic) bond motifs is 1. The van der Waals surface area contributed by atoms with Crippen molar-refractivity contribution >= 4 is 17.0 Å². The summed E-state index contributed by atoms with van der Waals surface area (Å²) in [5, 5.41) is 3.35. The molecule has 1 aromatic heterocycles. The van der Waals surface area contributed by atoms with Gasteiger partial charge in [0.05, 0.1) is 11.0 Å². The molecule has 116 valence electrons. The second kappa shape index (κ2) is 7.41. The first-order valence-electron chi connectivity index (χ1n) is 7.76. The number of halogens is 1. The van der Waals surface area contributed by atoms with Gasteiger partial charge in [-0.05, 0) is 57.6 Å². The fourth-order valence-electron chi connectivity index (χ4n) is 2.52. The zero-order valence-electron chi connectivity index (χ0n) is 13.1. The summed E-state index contributed by atoms with van der Waals surface area (Å²) in [7, 11) is 0. The zero-order chi connectivity index (χ0) is 15.2. The van der Waals surface area contributed by atoms with Crippen LogP contribution in [-0.2, 0) is 0 Å². The lowest BCUT2D eigenvalue weighted by Crippen LogP contribution is -2.25. The molecule has 0 bridgehead atoms. The predicted molar refractivity (Wildman–Crippen MR) is 86.2 cm³/mol. The summed E-state index contributed by atoms with van der Waals surface area (Å²) < 4.78 is 13.1. The molecule has 1 atom stereocenters. The number of benzene rings is 1. The average Bonchev–Trinajstić information content (AvgIpc) is 2.84. The summed E-state index contributed by atoms with van der Waals surface area (Å²) in [6.07, 6.45) is 2.24. The van der Waals surface area contributed by atoms with Gasteiger partial charge in [-0.25, -0.2) is 9.37 Å². The molecular weight excluding hydrogens is 267 g/mol. The summed E-state index contributed by atoms with van der Waals surface area (Å²) in [5.41, 5.74) is 1.52. The summed E-state index contributed by atoms with van der Waals surface area (Å²) in [6.45, 7) is 9.87. The first-order chi connectivity index (χ1) is 10.1. The van der Waals surface area contributed by atoms with E-state index in [0.29, 0.717) is 12.0 Å². The second-order valence-electron chi connectivity index (χ2n) is 5.46. The van der Waals surface area contributed by atoms with Crippen LogP contribution in [0.4, 0.5) is 10.3 Å². The molecule has 1 heterocycles. The maximum absolute atomic E-state index is 13.1. The molecule has 1 aromatic carbocycles. The van der Waals surface area contributed by atoms with Gasteiger partial charge in [-0.3, -0.25) is 0 Å². The third kappa shape index (κ3) is 4.43. The van der Waals surface area contributed by atoms with E-state index in [1.807, 2.05) is 0 Å². The van der Waals surface area contributed by atoms with Crippen LogP contribution in [0.15, 0.2) is 18.2 Å². The van der Waals surface area contributed by atoms with Crippen LogP contribution < -0.4 is 5.32 Å². The van der Waals surface area contributed by atoms with E-state index in [1.54, 1.807) is 6.07 Å². The molecule has 5 heteroatoms. The Balaban J connectivity index is 1.85. The van der Waals surface area contributed by atoms with Gasteiger partial charge in [0.25, 0.3) is 0 Å². The Morgan fingerprint density at radius 3 is 2.81 bits per heavy atom. The second-order valence-corrected chi connectivity index (χ2v) is 5.46. The largest absolute Gasteiger partial charge is 0.353 e. The summed E-state index contributed by atoms with van der Waals surface area (Å²) >= 11 is 0. The standard InChI is InChI=1S/C16H25FN4/c1-4-21(5-2)10-6-7-12(3)18-16-19-14-9-8-13(17)11-15(14)20-16/h8-9,11-12H,4-7,10H2,1-3H3,(H2,18,19,20). The molecule has 21 heavy (non-hydrogen) atoms. The lowest BCUT2D eigenvalue weighted by Gasteiger charge is -2.19. The van der Waals surface area contributed by atoms with Crippen molar-refractivity contribution in [1.82, 2.24) is 14.9 Å². The van der Waals surface area contributed by atoms with Gasteiger partial charge >= 0.3 is 0 Å². The van der Waals surface area contributed by atoms with Gasteiger partial charge in [0.2, 0.25) is 5.95 Å². The highest BCUT2D eigenvalue weighted by Gasteiger charge is 2.08. The Hall–Kier alpha value is -1.62. The van der Waals surface area contributed by atoms with Crippen molar-refractivity contribution in [3.05, 3.63) is 24.0 Å². The van der Waals surface area contributed by atoms with E-state index in [0.717, 1.165) is 43.5 Å². The molecule has 0 spiro atoms. The molecule has 0 saturated carbocycles. The van der Waals surface area contributed by atoms with Crippen LogP contribution >= 0.6 is 0 Å². The molecule has 0 radical (unpaired) electrons. The SMILES string of the molecule is CCN(CC)CCCC(C)Nc1nc2ccc(F)cc2[nH]1. The smallest absolute Gasteiger partial charge is 0.201 e. The van der Waals surface area contributed by atoms with E-state index in [2.05, 4.69) is 41.0 Å². The molecular formula is C16H25FN4. The molecule has 4 nitrogen and oxygen atoms in total. The van der Waals surface area contributed by atoms with Crippen LogP contribution in [-0.4, -0.2) is 40.5 Å². The van der Waals surface area contributed by atoms with Gasteiger partial charge in [-0.2, -0.15) is 0 Å². The van der Waals surface area contributed by atoms with E-state index >= 15 is 0 Å². The van der Waals surface area contributed by atoms with Gasteiger partial charge in [0, 0.05) is 6.04 Å². The minimum Gasteiger partial charge on any atom is -0.353 e. The van der Waals surface area contributed by atoms with Gasteiger partial charge in [0.1, 0.15) is 5.82 Å². The number of nitrogens with zero attached hydrogens (tertiary/aromatic N) is 2. The average molecular weight is 292 g/mol. The minimum atomic E-state index is -0.245. The van der Waals surface area contributed by atoms with E-state index in [1.165, 1.54) is 12.1 Å². The van der Waals surface area contributed by atoms with Crippen LogP contribution in [0.3, 0.4) is 0 Å². The van der Waals surface area contributed by atoms with Crippen molar-refractivity contribution in [2.75, 3.05) is 25.0 Å². The quantitative estimate of drug-likeness (QED) is 0.781. The molecule has 0 aliphatic carbocycles. The number of hydrogen-bond acceptors (Lipinski definition) is 3. The lowest BCUT2D eigenvalue weighted by atomic mass is 10.2. The molecule has 2 rings (SSSR count). The van der Waals surface area contributed by atoms with Crippen molar-refractivity contribution in [2.24, 2.45) is 0 Å². The van der Waals surface area contributed by atoms with E-state index in [9.17, 15) is 4.39 Å². The zero-order valence-corrected chi connectivity index (χ0v) is 13.1. The number of rotatable bonds is 8. The minimum absolute atomic E-state index is 0.245. The Morgan fingerprint density at radius 2 is 2.10 bits per heavy atom. The number of hydrogen-bond donors (Lipinski definition) is 2. The fraction of sp³-hybridized carbons (Fsp3) is 0.562. The Morgan fingerprint density at radius 1 is 1.33 bits per heavy atom. The molecule has 2 N–H and O–H groups in total. The number of aromatic amines is 1. The van der Waals surface area contributed by atoms with Gasteiger partial charge < -0.3 is 15.2 Å². The molecule has 0 fully saturated rings. The van der Waals surface area contributed by atoms with Crippen molar-refractivity contribution in [3.63, 3.8) is 0 Å². The van der Waals surface area contributed by atoms with Gasteiger partial charge in [0.15, 0.2) is 0 Å². The Labute approximate surface area is 125 Å². The Kier molecular flexibility index (Phi) is 5.56. The molecule has 2 aromatic rings. The number of nitrogens with one attached hydrogen (secondary N) is 2. The molecule has 0 amide bonds. The van der Waals surface area contributed by atoms with Crippen LogP contribution in [0, 0.1) is 5.82 Å². The monoisotopic (exact) mass is 292 g/mol. The third-order valence-electron chi connectivity index (χ3n) is 3.83. The highest BCUT2D eigenvalue weighted by molar-refractivity contribution is 5.77. The van der Waals surface area contributed by atoms with Crippen LogP contribution in [0.5, 0.6) is 0 Å². The highest BCUT2D eigenvalue weighted by atomic mass is 19.1. The number of anilines is 1. The maximum atomic E-state index is 13.1. The topological polar surface area (TPSA) is 44.0 Å². The predicted octanol–water partition coefficient (Wildman–Crippen LogP) is 3.62. The van der Waals surface area contributed by atoms with E-state index < -0.39 is 0 Å². The van der Waals surface area contributed by atoms with Crippen molar-refractivity contribution in [3.8, 4) is 0 Å². The number of H-pyrrole nitrogens is 1. The van der Waals surface area contributed by atoms with Crippen molar-refractivity contribution in [2.45, 2.75) is 39.7 Å². The Bertz CT molecular complexity index is 562. The summed E-state index contributed by atoms with van der Waals surface area (Å²) in [5.74, 6) is 0.468. The maximum Gasteiger partial charge on any atom is 0.201 e. The summed E-state index contributed by atoms with van der Waals surface area (Å²) in [6, 6.07) is 4.93. The fourth-order valence-corrected chi connectivity index (χ4v) is 2.52. The van der Waals surface area contributed by atoms with E-state index in [4.69, 9.17) is 0 Å². The van der Waals surface area contributed by atoms with Crippen LogP contribution in [0.25, 0.3) is 11.0 Å². The van der Waals surface area contributed by atoms with Crippen LogP contribution in [0.2, 0.25) is 0 Å².